The first-order chi connectivity index (χ1) is 8.13. The Labute approximate surface area is 101 Å². The fraction of sp³-hybridized carbons (Fsp3) is 0.538. The van der Waals surface area contributed by atoms with Crippen LogP contribution in [0.15, 0.2) is 18.3 Å². The number of fused-ring (bicyclic) bond motifs is 1. The normalized spacial score (nSPS) is 29.0. The van der Waals surface area contributed by atoms with Crippen molar-refractivity contribution in [3.8, 4) is 0 Å². The quantitative estimate of drug-likeness (QED) is 0.811. The minimum Gasteiger partial charge on any atom is -0.329 e. The van der Waals surface area contributed by atoms with Crippen LogP contribution in [-0.2, 0) is 12.5 Å². The lowest BCUT2D eigenvalue weighted by Crippen LogP contribution is -2.40. The van der Waals surface area contributed by atoms with Gasteiger partial charge in [0.15, 0.2) is 5.65 Å². The van der Waals surface area contributed by atoms with Crippen molar-refractivity contribution in [1.29, 1.82) is 0 Å². The van der Waals surface area contributed by atoms with E-state index in [1.807, 2.05) is 6.07 Å². The summed E-state index contributed by atoms with van der Waals surface area (Å²) >= 11 is 0. The summed E-state index contributed by atoms with van der Waals surface area (Å²) in [5, 5.41) is 0. The van der Waals surface area contributed by atoms with Gasteiger partial charge >= 0.3 is 0 Å². The number of nitrogens with two attached hydrogens (primary N) is 1. The van der Waals surface area contributed by atoms with Crippen molar-refractivity contribution in [2.45, 2.75) is 37.6 Å². The van der Waals surface area contributed by atoms with Gasteiger partial charge in [-0.2, -0.15) is 0 Å². The molecule has 17 heavy (non-hydrogen) atoms. The van der Waals surface area contributed by atoms with E-state index in [1.54, 1.807) is 6.20 Å². The fourth-order valence-electron chi connectivity index (χ4n) is 3.01. The van der Waals surface area contributed by atoms with Gasteiger partial charge in [-0.15, -0.1) is 0 Å². The Morgan fingerprint density at radius 1 is 1.53 bits per heavy atom. The van der Waals surface area contributed by atoms with E-state index in [4.69, 9.17) is 5.73 Å². The average Bonchev–Trinajstić information content (AvgIpc) is 2.83. The molecule has 0 spiro atoms. The van der Waals surface area contributed by atoms with E-state index in [0.717, 1.165) is 29.8 Å². The zero-order valence-electron chi connectivity index (χ0n) is 10.3. The van der Waals surface area contributed by atoms with Gasteiger partial charge in [0.25, 0.3) is 0 Å². The van der Waals surface area contributed by atoms with Gasteiger partial charge in [0.05, 0.1) is 5.52 Å². The van der Waals surface area contributed by atoms with Gasteiger partial charge in [-0.05, 0) is 25.0 Å². The SMILES string of the molecule is Cn1c(C2(C)CCCC2N)nc2ncccc21. The van der Waals surface area contributed by atoms with Crippen LogP contribution in [0.1, 0.15) is 32.0 Å². The summed E-state index contributed by atoms with van der Waals surface area (Å²) in [7, 11) is 2.06. The number of hydrogen-bond donors (Lipinski definition) is 1. The Hall–Kier alpha value is -1.42. The predicted molar refractivity (Wildman–Crippen MR) is 67.7 cm³/mol. The van der Waals surface area contributed by atoms with Crippen LogP contribution in [0.3, 0.4) is 0 Å². The van der Waals surface area contributed by atoms with Crippen molar-refractivity contribution in [2.75, 3.05) is 0 Å². The van der Waals surface area contributed by atoms with Gasteiger partial charge in [-0.3, -0.25) is 0 Å². The van der Waals surface area contributed by atoms with Gasteiger partial charge < -0.3 is 10.3 Å². The highest BCUT2D eigenvalue weighted by molar-refractivity contribution is 5.71. The summed E-state index contributed by atoms with van der Waals surface area (Å²) in [5.74, 6) is 1.08. The molecule has 90 valence electrons. The van der Waals surface area contributed by atoms with E-state index < -0.39 is 0 Å². The van der Waals surface area contributed by atoms with Crippen molar-refractivity contribution in [3.05, 3.63) is 24.2 Å². The molecule has 4 nitrogen and oxygen atoms in total. The highest BCUT2D eigenvalue weighted by Crippen LogP contribution is 2.39. The van der Waals surface area contributed by atoms with Crippen molar-refractivity contribution < 1.29 is 0 Å². The first-order valence-corrected chi connectivity index (χ1v) is 6.16. The van der Waals surface area contributed by atoms with Gasteiger partial charge in [0.1, 0.15) is 5.82 Å². The minimum atomic E-state index is -0.00451. The first-order valence-electron chi connectivity index (χ1n) is 6.16. The lowest BCUT2D eigenvalue weighted by Gasteiger charge is -2.28. The van der Waals surface area contributed by atoms with Crippen LogP contribution in [0.4, 0.5) is 0 Å². The molecule has 1 saturated carbocycles. The molecule has 0 saturated heterocycles. The number of imidazole rings is 1. The van der Waals surface area contributed by atoms with E-state index >= 15 is 0 Å². The number of hydrogen-bond acceptors (Lipinski definition) is 3. The summed E-state index contributed by atoms with van der Waals surface area (Å²) in [6.07, 6.45) is 5.18. The smallest absolute Gasteiger partial charge is 0.177 e. The van der Waals surface area contributed by atoms with E-state index in [2.05, 4.69) is 34.6 Å². The second kappa shape index (κ2) is 3.53. The molecular weight excluding hydrogens is 212 g/mol. The lowest BCUT2D eigenvalue weighted by atomic mass is 9.84. The number of pyridine rings is 1. The fourth-order valence-corrected chi connectivity index (χ4v) is 3.01. The Kier molecular flexibility index (Phi) is 2.23. The maximum absolute atomic E-state index is 6.26. The van der Waals surface area contributed by atoms with Crippen LogP contribution < -0.4 is 5.73 Å². The van der Waals surface area contributed by atoms with E-state index in [-0.39, 0.29) is 11.5 Å². The Morgan fingerprint density at radius 3 is 3.00 bits per heavy atom. The Bertz CT molecular complexity index is 560. The molecule has 0 bridgehead atoms. The Balaban J connectivity index is 2.21. The molecule has 2 aromatic rings. The van der Waals surface area contributed by atoms with Crippen molar-refractivity contribution in [3.63, 3.8) is 0 Å². The first kappa shape index (κ1) is 10.7. The molecule has 1 aliphatic carbocycles. The molecule has 2 heterocycles. The number of aromatic nitrogens is 3. The van der Waals surface area contributed by atoms with Gasteiger partial charge in [-0.25, -0.2) is 9.97 Å². The number of nitrogens with zero attached hydrogens (tertiary/aromatic N) is 3. The van der Waals surface area contributed by atoms with Crippen LogP contribution in [-0.4, -0.2) is 20.6 Å². The highest BCUT2D eigenvalue weighted by atomic mass is 15.1. The molecule has 1 aliphatic rings. The molecule has 0 amide bonds. The molecule has 3 rings (SSSR count). The summed E-state index contributed by atoms with van der Waals surface area (Å²) in [6.45, 7) is 2.23. The van der Waals surface area contributed by atoms with E-state index in [0.29, 0.717) is 0 Å². The van der Waals surface area contributed by atoms with E-state index in [1.165, 1.54) is 6.42 Å². The van der Waals surface area contributed by atoms with Crippen LogP contribution in [0.5, 0.6) is 0 Å². The van der Waals surface area contributed by atoms with Crippen LogP contribution in [0.25, 0.3) is 11.2 Å². The van der Waals surface area contributed by atoms with Crippen LogP contribution >= 0.6 is 0 Å². The molecule has 2 atom stereocenters. The standard InChI is InChI=1S/C13H18N4/c1-13(7-3-6-10(13)14)12-16-11-9(17(12)2)5-4-8-15-11/h4-5,8,10H,3,6-7,14H2,1-2H3. The summed E-state index contributed by atoms with van der Waals surface area (Å²) in [4.78, 5) is 9.01. The summed E-state index contributed by atoms with van der Waals surface area (Å²) < 4.78 is 2.15. The number of aryl methyl sites for hydroxylation is 1. The monoisotopic (exact) mass is 230 g/mol. The maximum atomic E-state index is 6.26. The molecule has 4 heteroatoms. The van der Waals surface area contributed by atoms with Crippen molar-refractivity contribution in [2.24, 2.45) is 12.8 Å². The van der Waals surface area contributed by atoms with Crippen molar-refractivity contribution in [1.82, 2.24) is 14.5 Å². The van der Waals surface area contributed by atoms with Crippen LogP contribution in [0.2, 0.25) is 0 Å². The molecule has 0 aromatic carbocycles. The van der Waals surface area contributed by atoms with E-state index in [9.17, 15) is 0 Å². The third kappa shape index (κ3) is 1.40. The predicted octanol–water partition coefficient (Wildman–Crippen LogP) is 1.74. The molecule has 0 radical (unpaired) electrons. The molecule has 2 unspecified atom stereocenters. The second-order valence-electron chi connectivity index (χ2n) is 5.26. The minimum absolute atomic E-state index is 0.00451. The topological polar surface area (TPSA) is 56.7 Å². The van der Waals surface area contributed by atoms with Gasteiger partial charge in [0.2, 0.25) is 0 Å². The summed E-state index contributed by atoms with van der Waals surface area (Å²) in [6, 6.07) is 4.21. The van der Waals surface area contributed by atoms with Gasteiger partial charge in [-0.1, -0.05) is 13.3 Å². The maximum Gasteiger partial charge on any atom is 0.177 e. The zero-order valence-corrected chi connectivity index (χ0v) is 10.3. The summed E-state index contributed by atoms with van der Waals surface area (Å²) in [5.41, 5.74) is 8.17. The molecular formula is C13H18N4. The van der Waals surface area contributed by atoms with Crippen molar-refractivity contribution >= 4 is 11.2 Å². The molecule has 2 N–H and O–H groups in total. The largest absolute Gasteiger partial charge is 0.329 e. The zero-order chi connectivity index (χ0) is 12.0. The third-order valence-electron chi connectivity index (χ3n) is 4.20. The average molecular weight is 230 g/mol. The molecule has 0 aliphatic heterocycles. The molecule has 2 aromatic heterocycles. The number of rotatable bonds is 1. The van der Waals surface area contributed by atoms with Crippen LogP contribution in [0, 0.1) is 0 Å². The molecule has 1 fully saturated rings. The highest BCUT2D eigenvalue weighted by Gasteiger charge is 2.41. The second-order valence-corrected chi connectivity index (χ2v) is 5.26. The third-order valence-corrected chi connectivity index (χ3v) is 4.20. The van der Waals surface area contributed by atoms with Gasteiger partial charge in [0, 0.05) is 24.7 Å². The lowest BCUT2D eigenvalue weighted by molar-refractivity contribution is 0.395. The Morgan fingerprint density at radius 2 is 2.35 bits per heavy atom.